The molecule has 0 saturated carbocycles. The largest absolute Gasteiger partial charge is 0.383 e. The molecule has 2 aliphatic rings. The summed E-state index contributed by atoms with van der Waals surface area (Å²) in [5, 5.41) is 11.5. The molecule has 2 saturated heterocycles. The highest BCUT2D eigenvalue weighted by Gasteiger charge is 2.45. The van der Waals surface area contributed by atoms with E-state index in [0.29, 0.717) is 11.6 Å². The third kappa shape index (κ3) is 3.93. The molecule has 2 atom stereocenters. The Bertz CT molecular complexity index is 1690. The lowest BCUT2D eigenvalue weighted by molar-refractivity contribution is 0.0557. The molecule has 0 aliphatic carbocycles. The van der Waals surface area contributed by atoms with Gasteiger partial charge in [0.1, 0.15) is 11.6 Å². The number of nitrogens with two attached hydrogens (primary N) is 1. The van der Waals surface area contributed by atoms with Crippen LogP contribution in [0.25, 0.3) is 28.0 Å². The van der Waals surface area contributed by atoms with Gasteiger partial charge in [-0.25, -0.2) is 9.97 Å². The van der Waals surface area contributed by atoms with E-state index < -0.39 is 0 Å². The number of benzene rings is 1. The Morgan fingerprint density at radius 1 is 1.02 bits per heavy atom. The summed E-state index contributed by atoms with van der Waals surface area (Å²) in [7, 11) is 0. The maximum Gasteiger partial charge on any atom is 0.294 e. The molecule has 202 valence electrons. The van der Waals surface area contributed by atoms with E-state index in [1.54, 1.807) is 4.52 Å². The fourth-order valence-corrected chi connectivity index (χ4v) is 6.59. The molecule has 7 rings (SSSR count). The number of H-pyrrole nitrogens is 1. The topological polar surface area (TPSA) is 131 Å². The number of hydrogen-bond donors (Lipinski definition) is 2. The van der Waals surface area contributed by atoms with E-state index in [4.69, 9.17) is 15.7 Å². The minimum atomic E-state index is -0.0848. The van der Waals surface area contributed by atoms with Crippen LogP contribution in [0.1, 0.15) is 66.2 Å². The molecule has 1 amide bonds. The zero-order chi connectivity index (χ0) is 27.4. The second-order valence-electron chi connectivity index (χ2n) is 10.8. The SMILES string of the molecule is CCc1c(C2CC3CCC(C2)N3C(=O)c2n[nH]c(C)n2)nc2c(-c3ccc(-c4ccccc4)nc3)cnn2c1N. The third-order valence-electron chi connectivity index (χ3n) is 8.46. The normalized spacial score (nSPS) is 20.4. The molecule has 3 N–H and O–H groups in total. The number of aromatic nitrogens is 7. The molecule has 4 aromatic heterocycles. The summed E-state index contributed by atoms with van der Waals surface area (Å²) < 4.78 is 1.75. The van der Waals surface area contributed by atoms with Gasteiger partial charge in [0.05, 0.1) is 17.6 Å². The summed E-state index contributed by atoms with van der Waals surface area (Å²) in [6.45, 7) is 3.92. The number of nitrogens with one attached hydrogen (secondary N) is 1. The van der Waals surface area contributed by atoms with E-state index in [9.17, 15) is 4.79 Å². The number of aryl methyl sites for hydroxylation is 1. The first kappa shape index (κ1) is 24.4. The van der Waals surface area contributed by atoms with Crippen LogP contribution in [-0.2, 0) is 6.42 Å². The van der Waals surface area contributed by atoms with Gasteiger partial charge in [0.2, 0.25) is 5.82 Å². The third-order valence-corrected chi connectivity index (χ3v) is 8.46. The molecule has 2 unspecified atom stereocenters. The number of nitrogen functional groups attached to an aromatic ring is 1. The van der Waals surface area contributed by atoms with Crippen LogP contribution in [0.2, 0.25) is 0 Å². The van der Waals surface area contributed by atoms with Crippen molar-refractivity contribution in [2.24, 2.45) is 0 Å². The molecule has 10 nitrogen and oxygen atoms in total. The Labute approximate surface area is 231 Å². The van der Waals surface area contributed by atoms with Gasteiger partial charge in [-0.15, -0.1) is 5.10 Å². The van der Waals surface area contributed by atoms with Gasteiger partial charge >= 0.3 is 0 Å². The first-order chi connectivity index (χ1) is 19.5. The number of carbonyl (C=O) groups excluding carboxylic acids is 1. The number of rotatable bonds is 5. The quantitative estimate of drug-likeness (QED) is 0.338. The van der Waals surface area contributed by atoms with Gasteiger partial charge in [-0.05, 0) is 45.1 Å². The molecule has 2 aliphatic heterocycles. The van der Waals surface area contributed by atoms with Crippen molar-refractivity contribution >= 4 is 17.4 Å². The number of aromatic amines is 1. The lowest BCUT2D eigenvalue weighted by Gasteiger charge is -2.38. The van der Waals surface area contributed by atoms with Crippen molar-refractivity contribution in [3.05, 3.63) is 77.8 Å². The number of pyridine rings is 1. The number of carbonyl (C=O) groups is 1. The molecule has 2 bridgehead atoms. The van der Waals surface area contributed by atoms with Gasteiger partial charge in [0, 0.05) is 46.5 Å². The van der Waals surface area contributed by atoms with Crippen molar-refractivity contribution in [1.29, 1.82) is 0 Å². The van der Waals surface area contributed by atoms with E-state index in [-0.39, 0.29) is 29.7 Å². The second-order valence-corrected chi connectivity index (χ2v) is 10.8. The van der Waals surface area contributed by atoms with Crippen LogP contribution in [0.5, 0.6) is 0 Å². The molecule has 0 spiro atoms. The van der Waals surface area contributed by atoms with E-state index in [1.165, 1.54) is 0 Å². The average Bonchev–Trinajstić information content (AvgIpc) is 3.68. The van der Waals surface area contributed by atoms with E-state index in [2.05, 4.69) is 45.4 Å². The highest BCUT2D eigenvalue weighted by Crippen LogP contribution is 2.45. The van der Waals surface area contributed by atoms with Gasteiger partial charge < -0.3 is 10.6 Å². The lowest BCUT2D eigenvalue weighted by Crippen LogP contribution is -2.46. The van der Waals surface area contributed by atoms with Gasteiger partial charge in [0.15, 0.2) is 5.65 Å². The number of anilines is 1. The highest BCUT2D eigenvalue weighted by molar-refractivity contribution is 5.91. The van der Waals surface area contributed by atoms with Crippen LogP contribution in [-0.4, -0.2) is 57.7 Å². The summed E-state index contributed by atoms with van der Waals surface area (Å²) in [6.07, 6.45) is 8.11. The van der Waals surface area contributed by atoms with Crippen LogP contribution >= 0.6 is 0 Å². The van der Waals surface area contributed by atoms with Gasteiger partial charge in [0.25, 0.3) is 5.91 Å². The molecule has 0 radical (unpaired) electrons. The molecule has 10 heteroatoms. The van der Waals surface area contributed by atoms with Crippen LogP contribution in [0.3, 0.4) is 0 Å². The van der Waals surface area contributed by atoms with Gasteiger partial charge in [-0.3, -0.25) is 14.9 Å². The van der Waals surface area contributed by atoms with Gasteiger partial charge in [-0.1, -0.05) is 43.3 Å². The minimum Gasteiger partial charge on any atom is -0.383 e. The summed E-state index contributed by atoms with van der Waals surface area (Å²) in [5.41, 5.74) is 13.4. The summed E-state index contributed by atoms with van der Waals surface area (Å²) in [6, 6.07) is 14.5. The maximum absolute atomic E-state index is 13.3. The Morgan fingerprint density at radius 2 is 1.80 bits per heavy atom. The van der Waals surface area contributed by atoms with Crippen LogP contribution < -0.4 is 5.73 Å². The summed E-state index contributed by atoms with van der Waals surface area (Å²) in [4.78, 5) is 29.5. The van der Waals surface area contributed by atoms with E-state index in [1.807, 2.05) is 48.5 Å². The Hall–Kier alpha value is -4.60. The number of nitrogens with zero attached hydrogens (tertiary/aromatic N) is 7. The zero-order valence-corrected chi connectivity index (χ0v) is 22.6. The van der Waals surface area contributed by atoms with E-state index in [0.717, 1.165) is 71.4 Å². The number of hydrogen-bond acceptors (Lipinski definition) is 7. The van der Waals surface area contributed by atoms with Crippen LogP contribution in [0, 0.1) is 6.92 Å². The first-order valence-electron chi connectivity index (χ1n) is 13.9. The number of fused-ring (bicyclic) bond motifs is 3. The van der Waals surface area contributed by atoms with Crippen molar-refractivity contribution < 1.29 is 4.79 Å². The summed E-state index contributed by atoms with van der Waals surface area (Å²) >= 11 is 0. The molecule has 1 aromatic carbocycles. The summed E-state index contributed by atoms with van der Waals surface area (Å²) in [5.74, 6) is 1.65. The molecule has 6 heterocycles. The first-order valence-corrected chi connectivity index (χ1v) is 13.9. The highest BCUT2D eigenvalue weighted by atomic mass is 16.2. The Morgan fingerprint density at radius 3 is 2.45 bits per heavy atom. The molecule has 2 fully saturated rings. The Balaban J connectivity index is 1.23. The van der Waals surface area contributed by atoms with Crippen LogP contribution in [0.4, 0.5) is 5.82 Å². The second kappa shape index (κ2) is 9.55. The monoisotopic (exact) mass is 533 g/mol. The van der Waals surface area contributed by atoms with Gasteiger partial charge in [-0.2, -0.15) is 9.61 Å². The van der Waals surface area contributed by atoms with Crippen molar-refractivity contribution in [2.45, 2.75) is 64.0 Å². The van der Waals surface area contributed by atoms with Crippen molar-refractivity contribution in [3.8, 4) is 22.4 Å². The average molecular weight is 534 g/mol. The standard InChI is InChI=1S/C30H31N9O/c1-3-23-26(20-13-21-10-11-22(14-20)38(21)30(40)28-34-17(2)36-37-28)35-29-24(16-33-39(29)27(23)31)19-9-12-25(32-15-19)18-7-5-4-6-8-18/h4-9,12,15-16,20-22H,3,10-11,13-14,31H2,1-2H3,(H,34,36,37). The number of amides is 1. The van der Waals surface area contributed by atoms with E-state index >= 15 is 0 Å². The van der Waals surface area contributed by atoms with Crippen molar-refractivity contribution in [1.82, 2.24) is 39.7 Å². The molecule has 40 heavy (non-hydrogen) atoms. The fourth-order valence-electron chi connectivity index (χ4n) is 6.59. The zero-order valence-electron chi connectivity index (χ0n) is 22.6. The molecular formula is C30H31N9O. The predicted molar refractivity (Wildman–Crippen MR) is 152 cm³/mol. The Kier molecular flexibility index (Phi) is 5.83. The molecule has 5 aromatic rings. The number of piperidine rings is 1. The van der Waals surface area contributed by atoms with Crippen LogP contribution in [0.15, 0.2) is 54.9 Å². The molecular weight excluding hydrogens is 502 g/mol. The van der Waals surface area contributed by atoms with Crippen molar-refractivity contribution in [3.63, 3.8) is 0 Å². The maximum atomic E-state index is 13.3. The predicted octanol–water partition coefficient (Wildman–Crippen LogP) is 4.58. The minimum absolute atomic E-state index is 0.0848. The lowest BCUT2D eigenvalue weighted by atomic mass is 9.85. The van der Waals surface area contributed by atoms with Crippen molar-refractivity contribution in [2.75, 3.05) is 5.73 Å². The fraction of sp³-hybridized carbons (Fsp3) is 0.333. The smallest absolute Gasteiger partial charge is 0.294 e.